The molecule has 1 saturated heterocycles. The molecule has 10 heteroatoms. The predicted molar refractivity (Wildman–Crippen MR) is 76.6 cm³/mol. The van der Waals surface area contributed by atoms with Crippen molar-refractivity contribution in [3.8, 4) is 0 Å². The Hall–Kier alpha value is -3.04. The Labute approximate surface area is 130 Å². The van der Waals surface area contributed by atoms with Gasteiger partial charge in [-0.15, -0.1) is 0 Å². The minimum atomic E-state index is -0.849. The lowest BCUT2D eigenvalue weighted by Crippen LogP contribution is -2.62. The fourth-order valence-corrected chi connectivity index (χ4v) is 2.57. The molecule has 2 aliphatic heterocycles. The number of carbonyl (C=O) groups excluding carboxylic acids is 3. The number of hydrogen-bond donors (Lipinski definition) is 1. The van der Waals surface area contributed by atoms with Crippen molar-refractivity contribution in [3.05, 3.63) is 17.5 Å². The van der Waals surface area contributed by atoms with Gasteiger partial charge in [0.25, 0.3) is 30.0 Å². The summed E-state index contributed by atoms with van der Waals surface area (Å²) < 4.78 is 6.36. The lowest BCUT2D eigenvalue weighted by atomic mass is 10.1. The fraction of sp³-hybridized carbons (Fsp3) is 0.385. The van der Waals surface area contributed by atoms with Crippen molar-refractivity contribution in [2.24, 2.45) is 10.7 Å². The van der Waals surface area contributed by atoms with Crippen LogP contribution >= 0.6 is 0 Å². The summed E-state index contributed by atoms with van der Waals surface area (Å²) in [5.41, 5.74) is 5.64. The zero-order valence-electron chi connectivity index (χ0n) is 12.6. The molecule has 3 rings (SSSR count). The maximum Gasteiger partial charge on any atom is 0.334 e. The first kappa shape index (κ1) is 14.9. The third kappa shape index (κ3) is 2.47. The minimum absolute atomic E-state index is 0.0203. The van der Waals surface area contributed by atoms with Crippen LogP contribution in [0.15, 0.2) is 15.6 Å². The van der Waals surface area contributed by atoms with Crippen molar-refractivity contribution in [1.29, 1.82) is 0 Å². The molecular weight excluding hydrogens is 304 g/mol. The maximum atomic E-state index is 12.7. The number of likely N-dealkylation sites (N-methyl/N-ethyl adjacent to an activating group) is 1. The lowest BCUT2D eigenvalue weighted by Gasteiger charge is -2.32. The quantitative estimate of drug-likeness (QED) is 0.689. The van der Waals surface area contributed by atoms with Crippen molar-refractivity contribution in [2.45, 2.75) is 19.5 Å². The number of primary amides is 1. The summed E-state index contributed by atoms with van der Waals surface area (Å²) >= 11 is 0. The molecule has 1 aromatic rings. The third-order valence-electron chi connectivity index (χ3n) is 3.61. The molecule has 0 radical (unpaired) electrons. The molecule has 1 fully saturated rings. The molecule has 1 atom stereocenters. The number of amides is 4. The van der Waals surface area contributed by atoms with E-state index in [0.717, 1.165) is 4.90 Å². The molecule has 4 amide bonds. The number of hydrogen-bond acceptors (Lipinski definition) is 6. The molecule has 120 valence electrons. The van der Waals surface area contributed by atoms with Crippen molar-refractivity contribution in [1.82, 2.24) is 15.0 Å². The Morgan fingerprint density at radius 2 is 2.22 bits per heavy atom. The number of nitrogens with two attached hydrogens (primary N) is 1. The summed E-state index contributed by atoms with van der Waals surface area (Å²) in [5.74, 6) is -0.225. The first-order chi connectivity index (χ1) is 10.9. The smallest absolute Gasteiger partial charge is 0.334 e. The van der Waals surface area contributed by atoms with Crippen LogP contribution in [0.5, 0.6) is 0 Å². The number of aryl methyl sites for hydroxylation is 1. The van der Waals surface area contributed by atoms with E-state index in [0.29, 0.717) is 11.5 Å². The highest BCUT2D eigenvalue weighted by Gasteiger charge is 2.52. The van der Waals surface area contributed by atoms with Crippen LogP contribution < -0.4 is 5.73 Å². The summed E-state index contributed by atoms with van der Waals surface area (Å²) in [6, 6.07) is 0.282. The van der Waals surface area contributed by atoms with Gasteiger partial charge in [0.15, 0.2) is 6.54 Å². The molecule has 3 heterocycles. The second kappa shape index (κ2) is 5.30. The zero-order chi connectivity index (χ0) is 16.7. The maximum absolute atomic E-state index is 12.7. The van der Waals surface area contributed by atoms with Crippen molar-refractivity contribution >= 4 is 30.0 Å². The minimum Gasteiger partial charge on any atom is -0.366 e. The van der Waals surface area contributed by atoms with Crippen LogP contribution in [0.3, 0.4) is 0 Å². The molecule has 2 aliphatic rings. The van der Waals surface area contributed by atoms with Crippen LogP contribution in [0, 0.1) is 6.92 Å². The number of imide groups is 1. The number of carbonyl (C=O) groups is 3. The number of urea groups is 1. The average Bonchev–Trinajstić information content (AvgIpc) is 3.07. The molecule has 2 N–H and O–H groups in total. The highest BCUT2D eigenvalue weighted by Crippen LogP contribution is 2.20. The highest BCUT2D eigenvalue weighted by molar-refractivity contribution is 6.21. The predicted octanol–water partition coefficient (Wildman–Crippen LogP) is -1.32. The van der Waals surface area contributed by atoms with E-state index in [1.165, 1.54) is 22.9 Å². The highest BCUT2D eigenvalue weighted by atomic mass is 16.5. The van der Waals surface area contributed by atoms with E-state index in [4.69, 9.17) is 10.3 Å². The Morgan fingerprint density at radius 3 is 2.83 bits per heavy atom. The molecule has 0 bridgehead atoms. The Kier molecular flexibility index (Phi) is 3.43. The van der Waals surface area contributed by atoms with Gasteiger partial charge >= 0.3 is 6.03 Å². The van der Waals surface area contributed by atoms with E-state index in [9.17, 15) is 14.4 Å². The number of amidine groups is 1. The Bertz CT molecular complexity index is 764. The molecule has 1 aromatic heterocycles. The number of aliphatic imine (C=N–C) groups is 1. The molecule has 0 spiro atoms. The summed E-state index contributed by atoms with van der Waals surface area (Å²) in [6.45, 7) is 1.53. The van der Waals surface area contributed by atoms with E-state index >= 15 is 0 Å². The van der Waals surface area contributed by atoms with Gasteiger partial charge in [-0.2, -0.15) is 0 Å². The van der Waals surface area contributed by atoms with Crippen LogP contribution in [-0.2, 0) is 16.1 Å². The largest absolute Gasteiger partial charge is 0.366 e. The molecule has 10 nitrogen and oxygen atoms in total. The van der Waals surface area contributed by atoms with Crippen molar-refractivity contribution in [3.63, 3.8) is 0 Å². The zero-order valence-corrected chi connectivity index (χ0v) is 12.6. The van der Waals surface area contributed by atoms with Crippen LogP contribution in [-0.4, -0.2) is 69.2 Å². The molecule has 0 aliphatic carbocycles. The fourth-order valence-electron chi connectivity index (χ4n) is 2.57. The molecule has 23 heavy (non-hydrogen) atoms. The average molecular weight is 319 g/mol. The van der Waals surface area contributed by atoms with E-state index < -0.39 is 23.9 Å². The number of nitrogens with zero attached hydrogens (tertiary/aromatic N) is 5. The van der Waals surface area contributed by atoms with Gasteiger partial charge in [-0.3, -0.25) is 19.4 Å². The second-order valence-electron chi connectivity index (χ2n) is 5.34. The van der Waals surface area contributed by atoms with E-state index in [1.54, 1.807) is 13.0 Å². The van der Waals surface area contributed by atoms with Crippen LogP contribution in [0.25, 0.3) is 0 Å². The molecule has 1 unspecified atom stereocenters. The lowest BCUT2D eigenvalue weighted by molar-refractivity contribution is -0.519. The molecule has 0 saturated carbocycles. The molecule has 0 aromatic carbocycles. The second-order valence-corrected chi connectivity index (χ2v) is 5.34. The monoisotopic (exact) mass is 319 g/mol. The van der Waals surface area contributed by atoms with Gasteiger partial charge in [-0.1, -0.05) is 5.16 Å². The summed E-state index contributed by atoms with van der Waals surface area (Å²) in [6.07, 6.45) is 1.34. The summed E-state index contributed by atoms with van der Waals surface area (Å²) in [7, 11) is 1.52. The van der Waals surface area contributed by atoms with Gasteiger partial charge < -0.3 is 10.3 Å². The standard InChI is InChI=1S/C13H14N6O4/c1-7-3-8(16-23-7)4-19-12(21)10-11(17(2)13(19)22)15-6-18(10)5-9(14)20/h3,6,10H,4-5H2,1-2H3,(H-,14,20)/p+1. The number of fused-ring (bicyclic) bond motifs is 1. The van der Waals surface area contributed by atoms with Crippen molar-refractivity contribution in [2.75, 3.05) is 13.6 Å². The molecular formula is C13H15N6O4+. The van der Waals surface area contributed by atoms with Gasteiger partial charge in [-0.25, -0.2) is 9.37 Å². The van der Waals surface area contributed by atoms with Gasteiger partial charge in [0.05, 0.1) is 6.54 Å². The van der Waals surface area contributed by atoms with Crippen LogP contribution in [0.4, 0.5) is 4.79 Å². The summed E-state index contributed by atoms with van der Waals surface area (Å²) in [4.78, 5) is 42.6. The number of rotatable bonds is 4. The number of aromatic nitrogens is 1. The first-order valence-corrected chi connectivity index (χ1v) is 6.85. The van der Waals surface area contributed by atoms with E-state index in [1.807, 2.05) is 0 Å². The Morgan fingerprint density at radius 1 is 1.48 bits per heavy atom. The van der Waals surface area contributed by atoms with Gasteiger partial charge in [-0.05, 0) is 11.9 Å². The van der Waals surface area contributed by atoms with Gasteiger partial charge in [0.2, 0.25) is 0 Å². The van der Waals surface area contributed by atoms with Gasteiger partial charge in [0, 0.05) is 13.1 Å². The Balaban J connectivity index is 1.88. The van der Waals surface area contributed by atoms with E-state index in [2.05, 4.69) is 10.1 Å². The van der Waals surface area contributed by atoms with Gasteiger partial charge in [0.1, 0.15) is 11.5 Å². The first-order valence-electron chi connectivity index (χ1n) is 6.85. The SMILES string of the molecule is Cc1cc(CN2C(=O)C3C(=NC=[N+]3CC(N)=O)N(C)C2=O)no1. The summed E-state index contributed by atoms with van der Waals surface area (Å²) in [5, 5.41) is 3.79. The van der Waals surface area contributed by atoms with Crippen LogP contribution in [0.1, 0.15) is 11.5 Å². The van der Waals surface area contributed by atoms with Crippen LogP contribution in [0.2, 0.25) is 0 Å². The topological polar surface area (TPSA) is 125 Å². The van der Waals surface area contributed by atoms with E-state index in [-0.39, 0.29) is 18.9 Å². The normalized spacial score (nSPS) is 20.5. The van der Waals surface area contributed by atoms with Crippen molar-refractivity contribution < 1.29 is 23.5 Å². The third-order valence-corrected chi connectivity index (χ3v) is 3.61.